The van der Waals surface area contributed by atoms with Gasteiger partial charge < -0.3 is 15.4 Å². The van der Waals surface area contributed by atoms with Gasteiger partial charge in [0.05, 0.1) is 12.7 Å². The van der Waals surface area contributed by atoms with Gasteiger partial charge in [0.25, 0.3) is 5.91 Å². The maximum atomic E-state index is 11.6. The molecule has 6 nitrogen and oxygen atoms in total. The summed E-state index contributed by atoms with van der Waals surface area (Å²) < 4.78 is 5.17. The Morgan fingerprint density at radius 1 is 1.19 bits per heavy atom. The number of nitrogens with two attached hydrogens (primary N) is 1. The minimum atomic E-state index is -0.432. The second kappa shape index (κ2) is 8.49. The molecule has 26 heavy (non-hydrogen) atoms. The molecule has 0 aliphatic carbocycles. The highest BCUT2D eigenvalue weighted by Crippen LogP contribution is 2.18. The van der Waals surface area contributed by atoms with Crippen molar-refractivity contribution < 1.29 is 9.53 Å². The summed E-state index contributed by atoms with van der Waals surface area (Å²) in [5.74, 6) is 1.12. The van der Waals surface area contributed by atoms with Crippen LogP contribution in [0.2, 0.25) is 0 Å². The van der Waals surface area contributed by atoms with E-state index in [9.17, 15) is 4.79 Å². The van der Waals surface area contributed by atoms with Gasteiger partial charge in [-0.05, 0) is 29.8 Å². The molecule has 1 saturated heterocycles. The molecule has 0 atom stereocenters. The zero-order valence-electron chi connectivity index (χ0n) is 15.0. The van der Waals surface area contributed by atoms with E-state index < -0.39 is 5.91 Å². The number of pyridine rings is 1. The van der Waals surface area contributed by atoms with Crippen molar-refractivity contribution in [3.8, 4) is 5.75 Å². The molecule has 2 heterocycles. The first-order chi connectivity index (χ1) is 12.7. The van der Waals surface area contributed by atoms with Crippen LogP contribution in [0.1, 0.15) is 15.9 Å². The van der Waals surface area contributed by atoms with Crippen LogP contribution in [0, 0.1) is 0 Å². The van der Waals surface area contributed by atoms with Gasteiger partial charge in [-0.1, -0.05) is 24.3 Å². The van der Waals surface area contributed by atoms with E-state index in [1.807, 2.05) is 24.3 Å². The molecular weight excluding hydrogens is 328 g/mol. The van der Waals surface area contributed by atoms with E-state index in [4.69, 9.17) is 10.5 Å². The number of methoxy groups -OCH3 is 1. The Morgan fingerprint density at radius 3 is 2.58 bits per heavy atom. The van der Waals surface area contributed by atoms with Gasteiger partial charge in [0.1, 0.15) is 11.6 Å². The number of nitrogens with zero attached hydrogens (tertiary/aromatic N) is 3. The van der Waals surface area contributed by atoms with Crippen LogP contribution in [0.5, 0.6) is 5.75 Å². The van der Waals surface area contributed by atoms with Gasteiger partial charge in [0, 0.05) is 38.9 Å². The fraction of sp³-hybridized carbons (Fsp3) is 0.300. The summed E-state index contributed by atoms with van der Waals surface area (Å²) in [6.07, 6.45) is 5.99. The lowest BCUT2D eigenvalue weighted by Crippen LogP contribution is -2.47. The van der Waals surface area contributed by atoms with Crippen LogP contribution in [-0.2, 0) is 0 Å². The summed E-state index contributed by atoms with van der Waals surface area (Å²) in [5.41, 5.74) is 7.10. The van der Waals surface area contributed by atoms with Crippen LogP contribution in [0.4, 0.5) is 5.82 Å². The summed E-state index contributed by atoms with van der Waals surface area (Å²) in [4.78, 5) is 20.4. The van der Waals surface area contributed by atoms with Crippen LogP contribution in [0.25, 0.3) is 6.08 Å². The highest BCUT2D eigenvalue weighted by Gasteiger charge is 2.20. The lowest BCUT2D eigenvalue weighted by molar-refractivity contribution is 0.1000. The van der Waals surface area contributed by atoms with Crippen molar-refractivity contribution in [2.75, 3.05) is 44.7 Å². The van der Waals surface area contributed by atoms with Gasteiger partial charge in [-0.3, -0.25) is 9.69 Å². The van der Waals surface area contributed by atoms with E-state index in [2.05, 4.69) is 26.9 Å². The number of amides is 1. The number of carbonyl (C=O) groups excluding carboxylic acids is 1. The average molecular weight is 352 g/mol. The van der Waals surface area contributed by atoms with Gasteiger partial charge in [0.2, 0.25) is 0 Å². The minimum Gasteiger partial charge on any atom is -0.497 e. The van der Waals surface area contributed by atoms with Gasteiger partial charge in [-0.25, -0.2) is 4.98 Å². The van der Waals surface area contributed by atoms with Crippen molar-refractivity contribution in [1.82, 2.24) is 9.88 Å². The fourth-order valence-electron chi connectivity index (χ4n) is 3.04. The summed E-state index contributed by atoms with van der Waals surface area (Å²) in [6, 6.07) is 11.5. The first-order valence-corrected chi connectivity index (χ1v) is 8.70. The molecule has 0 spiro atoms. The Hall–Kier alpha value is -2.86. The number of ether oxygens (including phenoxy) is 1. The molecule has 2 N–H and O–H groups in total. The number of rotatable bonds is 6. The quantitative estimate of drug-likeness (QED) is 0.861. The van der Waals surface area contributed by atoms with E-state index in [0.29, 0.717) is 11.4 Å². The summed E-state index contributed by atoms with van der Waals surface area (Å²) in [5, 5.41) is 0. The van der Waals surface area contributed by atoms with Crippen LogP contribution >= 0.6 is 0 Å². The van der Waals surface area contributed by atoms with Gasteiger partial charge in [0.15, 0.2) is 0 Å². The minimum absolute atomic E-state index is 0.432. The molecule has 1 fully saturated rings. The van der Waals surface area contributed by atoms with Crippen molar-refractivity contribution in [1.29, 1.82) is 0 Å². The molecule has 0 saturated carbocycles. The van der Waals surface area contributed by atoms with Crippen LogP contribution < -0.4 is 15.4 Å². The first-order valence-electron chi connectivity index (χ1n) is 8.70. The molecule has 6 heteroatoms. The first kappa shape index (κ1) is 17.9. The van der Waals surface area contributed by atoms with Crippen molar-refractivity contribution >= 4 is 17.8 Å². The third-order valence-corrected chi connectivity index (χ3v) is 4.51. The molecule has 0 radical (unpaired) electrons. The molecule has 1 aromatic heterocycles. The highest BCUT2D eigenvalue weighted by atomic mass is 16.5. The monoisotopic (exact) mass is 352 g/mol. The molecule has 0 unspecified atom stereocenters. The standard InChI is InChI=1S/C20H24N4O2/c1-26-17-8-6-16(7-9-17)4-3-11-23-12-14-24(15-13-23)20-18(19(21)25)5-2-10-22-20/h2-10H,11-15H2,1H3,(H2,21,25)/b4-3+. The number of primary amides is 1. The Labute approximate surface area is 153 Å². The smallest absolute Gasteiger partial charge is 0.252 e. The van der Waals surface area contributed by atoms with Gasteiger partial charge >= 0.3 is 0 Å². The molecule has 1 aromatic carbocycles. The Bertz CT molecular complexity index is 766. The van der Waals surface area contributed by atoms with Gasteiger partial charge in [-0.15, -0.1) is 0 Å². The van der Waals surface area contributed by atoms with Crippen molar-refractivity contribution in [3.63, 3.8) is 0 Å². The van der Waals surface area contributed by atoms with E-state index in [1.54, 1.807) is 25.4 Å². The number of hydrogen-bond acceptors (Lipinski definition) is 5. The van der Waals surface area contributed by atoms with Crippen molar-refractivity contribution in [2.45, 2.75) is 0 Å². The van der Waals surface area contributed by atoms with E-state index >= 15 is 0 Å². The molecule has 1 aliphatic rings. The highest BCUT2D eigenvalue weighted by molar-refractivity contribution is 5.97. The Balaban J connectivity index is 1.52. The predicted molar refractivity (Wildman–Crippen MR) is 103 cm³/mol. The predicted octanol–water partition coefficient (Wildman–Crippen LogP) is 2.02. The number of carbonyl (C=O) groups is 1. The molecule has 136 valence electrons. The van der Waals surface area contributed by atoms with Gasteiger partial charge in [-0.2, -0.15) is 0 Å². The number of hydrogen-bond donors (Lipinski definition) is 1. The SMILES string of the molecule is COc1ccc(/C=C/CN2CCN(c3ncccc3C(N)=O)CC2)cc1. The summed E-state index contributed by atoms with van der Waals surface area (Å²) >= 11 is 0. The number of piperazine rings is 1. The second-order valence-electron chi connectivity index (χ2n) is 6.20. The van der Waals surface area contributed by atoms with Crippen molar-refractivity contribution in [2.24, 2.45) is 5.73 Å². The topological polar surface area (TPSA) is 71.7 Å². The molecule has 0 bridgehead atoms. The largest absolute Gasteiger partial charge is 0.497 e. The Morgan fingerprint density at radius 2 is 1.92 bits per heavy atom. The molecule has 3 rings (SSSR count). The normalized spacial score (nSPS) is 15.3. The number of anilines is 1. The zero-order valence-corrected chi connectivity index (χ0v) is 15.0. The maximum absolute atomic E-state index is 11.6. The third kappa shape index (κ3) is 4.40. The van der Waals surface area contributed by atoms with Crippen LogP contribution in [0.15, 0.2) is 48.7 Å². The lowest BCUT2D eigenvalue weighted by atomic mass is 10.2. The molecular formula is C20H24N4O2. The molecule has 2 aromatic rings. The Kier molecular flexibility index (Phi) is 5.86. The second-order valence-corrected chi connectivity index (χ2v) is 6.20. The van der Waals surface area contributed by atoms with E-state index in [0.717, 1.165) is 44.0 Å². The fourth-order valence-corrected chi connectivity index (χ4v) is 3.04. The summed E-state index contributed by atoms with van der Waals surface area (Å²) in [7, 11) is 1.67. The van der Waals surface area contributed by atoms with E-state index in [1.165, 1.54) is 0 Å². The van der Waals surface area contributed by atoms with Crippen molar-refractivity contribution in [3.05, 3.63) is 59.8 Å². The van der Waals surface area contributed by atoms with Crippen LogP contribution in [-0.4, -0.2) is 55.6 Å². The average Bonchev–Trinajstić information content (AvgIpc) is 2.69. The third-order valence-electron chi connectivity index (χ3n) is 4.51. The lowest BCUT2D eigenvalue weighted by Gasteiger charge is -2.35. The maximum Gasteiger partial charge on any atom is 0.252 e. The number of benzene rings is 1. The zero-order chi connectivity index (χ0) is 18.4. The van der Waals surface area contributed by atoms with Crippen LogP contribution in [0.3, 0.4) is 0 Å². The molecule has 1 amide bonds. The summed E-state index contributed by atoms with van der Waals surface area (Å²) in [6.45, 7) is 4.38. The number of aromatic nitrogens is 1. The molecule has 1 aliphatic heterocycles. The van der Waals surface area contributed by atoms with E-state index in [-0.39, 0.29) is 0 Å².